The van der Waals surface area contributed by atoms with Crippen LogP contribution in [-0.4, -0.2) is 58.4 Å². The number of rotatable bonds is 9. The molecule has 14 heavy (non-hydrogen) atoms. The Labute approximate surface area is 92.1 Å². The van der Waals surface area contributed by atoms with Crippen LogP contribution in [0.25, 0.3) is 0 Å². The second-order valence-electron chi connectivity index (χ2n) is 3.09. The molecule has 6 heteroatoms. The number of aliphatic hydroxyl groups is 4. The maximum Gasteiger partial charge on any atom is 0.0531 e. The standard InChI is InChI=1S/C8H18O4S2/c9-2-4-14-13-3-1-8(5-10,6-11)7-12/h9-12H,1-7H2. The molecule has 0 heterocycles. The Bertz CT molecular complexity index is 122. The summed E-state index contributed by atoms with van der Waals surface area (Å²) < 4.78 is 0. The molecule has 0 unspecified atom stereocenters. The lowest BCUT2D eigenvalue weighted by Crippen LogP contribution is -2.34. The fourth-order valence-electron chi connectivity index (χ4n) is 0.800. The molecule has 0 aromatic rings. The van der Waals surface area contributed by atoms with E-state index in [1.54, 1.807) is 21.6 Å². The molecule has 0 amide bonds. The van der Waals surface area contributed by atoms with Gasteiger partial charge in [0.15, 0.2) is 0 Å². The average molecular weight is 242 g/mol. The fraction of sp³-hybridized carbons (Fsp3) is 1.00. The van der Waals surface area contributed by atoms with Crippen molar-refractivity contribution in [2.75, 3.05) is 37.9 Å². The monoisotopic (exact) mass is 242 g/mol. The van der Waals surface area contributed by atoms with Gasteiger partial charge in [0.2, 0.25) is 0 Å². The summed E-state index contributed by atoms with van der Waals surface area (Å²) in [5, 5.41) is 35.5. The third-order valence-electron chi connectivity index (χ3n) is 1.98. The predicted molar refractivity (Wildman–Crippen MR) is 60.3 cm³/mol. The van der Waals surface area contributed by atoms with Crippen LogP contribution in [0.3, 0.4) is 0 Å². The van der Waals surface area contributed by atoms with E-state index in [0.29, 0.717) is 12.2 Å². The van der Waals surface area contributed by atoms with E-state index in [2.05, 4.69) is 0 Å². The Morgan fingerprint density at radius 2 is 1.29 bits per heavy atom. The maximum absolute atomic E-state index is 9.00. The van der Waals surface area contributed by atoms with Crippen LogP contribution < -0.4 is 0 Å². The van der Waals surface area contributed by atoms with Crippen LogP contribution in [0.1, 0.15) is 6.42 Å². The molecule has 0 aliphatic carbocycles. The molecule has 0 atom stereocenters. The quantitative estimate of drug-likeness (QED) is 0.329. The van der Waals surface area contributed by atoms with E-state index in [4.69, 9.17) is 20.4 Å². The first-order valence-corrected chi connectivity index (χ1v) is 6.91. The summed E-state index contributed by atoms with van der Waals surface area (Å²) in [6, 6.07) is 0. The molecule has 0 saturated carbocycles. The summed E-state index contributed by atoms with van der Waals surface area (Å²) in [6.07, 6.45) is 0.569. The van der Waals surface area contributed by atoms with Gasteiger partial charge in [-0.05, 0) is 6.42 Å². The summed E-state index contributed by atoms with van der Waals surface area (Å²) in [4.78, 5) is 0. The van der Waals surface area contributed by atoms with E-state index in [-0.39, 0.29) is 26.4 Å². The largest absolute Gasteiger partial charge is 0.396 e. The van der Waals surface area contributed by atoms with Gasteiger partial charge >= 0.3 is 0 Å². The van der Waals surface area contributed by atoms with Crippen LogP contribution in [0.15, 0.2) is 0 Å². The minimum Gasteiger partial charge on any atom is -0.396 e. The first kappa shape index (κ1) is 14.5. The third kappa shape index (κ3) is 5.43. The Hall–Kier alpha value is 0.540. The first-order chi connectivity index (χ1) is 6.74. The lowest BCUT2D eigenvalue weighted by molar-refractivity contribution is 0.00393. The van der Waals surface area contributed by atoms with Gasteiger partial charge in [-0.15, -0.1) is 0 Å². The average Bonchev–Trinajstić information content (AvgIpc) is 2.24. The highest BCUT2D eigenvalue weighted by molar-refractivity contribution is 8.76. The topological polar surface area (TPSA) is 80.9 Å². The molecule has 0 aromatic carbocycles. The van der Waals surface area contributed by atoms with Crippen molar-refractivity contribution in [1.29, 1.82) is 0 Å². The molecule has 0 fully saturated rings. The van der Waals surface area contributed by atoms with Crippen molar-refractivity contribution in [3.8, 4) is 0 Å². The van der Waals surface area contributed by atoms with Crippen LogP contribution in [0.5, 0.6) is 0 Å². The van der Waals surface area contributed by atoms with Crippen LogP contribution >= 0.6 is 21.6 Å². The van der Waals surface area contributed by atoms with Crippen molar-refractivity contribution >= 4 is 21.6 Å². The molecule has 0 bridgehead atoms. The van der Waals surface area contributed by atoms with E-state index in [0.717, 1.165) is 5.75 Å². The molecule has 86 valence electrons. The van der Waals surface area contributed by atoms with Crippen molar-refractivity contribution in [1.82, 2.24) is 0 Å². The third-order valence-corrected chi connectivity index (χ3v) is 4.37. The summed E-state index contributed by atoms with van der Waals surface area (Å²) in [5.41, 5.74) is -0.757. The van der Waals surface area contributed by atoms with Gasteiger partial charge in [0.1, 0.15) is 0 Å². The smallest absolute Gasteiger partial charge is 0.0531 e. The Morgan fingerprint density at radius 1 is 0.786 bits per heavy atom. The molecule has 0 aliphatic heterocycles. The van der Waals surface area contributed by atoms with Gasteiger partial charge in [-0.2, -0.15) is 0 Å². The first-order valence-electron chi connectivity index (χ1n) is 4.42. The molecule has 4 N–H and O–H groups in total. The van der Waals surface area contributed by atoms with E-state index in [9.17, 15) is 0 Å². The normalized spacial score (nSPS) is 12.0. The van der Waals surface area contributed by atoms with Crippen molar-refractivity contribution in [2.45, 2.75) is 6.42 Å². The molecule has 0 rings (SSSR count). The maximum atomic E-state index is 9.00. The van der Waals surface area contributed by atoms with E-state index in [1.807, 2.05) is 0 Å². The summed E-state index contributed by atoms with van der Waals surface area (Å²) in [6.45, 7) is -0.454. The van der Waals surface area contributed by atoms with Crippen molar-refractivity contribution in [3.05, 3.63) is 0 Å². The van der Waals surface area contributed by atoms with E-state index in [1.165, 1.54) is 0 Å². The van der Waals surface area contributed by atoms with Crippen LogP contribution in [-0.2, 0) is 0 Å². The summed E-state index contributed by atoms with van der Waals surface area (Å²) in [7, 11) is 3.12. The highest BCUT2D eigenvalue weighted by atomic mass is 33.1. The van der Waals surface area contributed by atoms with Crippen LogP contribution in [0.4, 0.5) is 0 Å². The van der Waals surface area contributed by atoms with E-state index < -0.39 is 5.41 Å². The van der Waals surface area contributed by atoms with Crippen molar-refractivity contribution in [2.24, 2.45) is 5.41 Å². The molecular formula is C8H18O4S2. The number of aliphatic hydroxyl groups excluding tert-OH is 4. The molecule has 0 spiro atoms. The van der Waals surface area contributed by atoms with Crippen LogP contribution in [0.2, 0.25) is 0 Å². The number of hydrogen-bond donors (Lipinski definition) is 4. The summed E-state index contributed by atoms with van der Waals surface area (Å²) >= 11 is 0. The highest BCUT2D eigenvalue weighted by Crippen LogP contribution is 2.28. The van der Waals surface area contributed by atoms with Gasteiger partial charge in [0.25, 0.3) is 0 Å². The lowest BCUT2D eigenvalue weighted by atomic mass is 9.88. The van der Waals surface area contributed by atoms with Gasteiger partial charge < -0.3 is 20.4 Å². The molecular weight excluding hydrogens is 224 g/mol. The second kappa shape index (κ2) is 8.82. The van der Waals surface area contributed by atoms with Gasteiger partial charge in [-0.1, -0.05) is 21.6 Å². The second-order valence-corrected chi connectivity index (χ2v) is 5.79. The zero-order valence-corrected chi connectivity index (χ0v) is 9.69. The lowest BCUT2D eigenvalue weighted by Gasteiger charge is -2.26. The molecule has 0 radical (unpaired) electrons. The van der Waals surface area contributed by atoms with Gasteiger partial charge in [-0.3, -0.25) is 0 Å². The Kier molecular flexibility index (Phi) is 9.16. The summed E-state index contributed by atoms with van der Waals surface area (Å²) in [5.74, 6) is 1.42. The molecule has 0 aliphatic rings. The molecule has 0 saturated heterocycles. The van der Waals surface area contributed by atoms with Crippen molar-refractivity contribution in [3.63, 3.8) is 0 Å². The van der Waals surface area contributed by atoms with Crippen molar-refractivity contribution < 1.29 is 20.4 Å². The van der Waals surface area contributed by atoms with Gasteiger partial charge in [0.05, 0.1) is 26.4 Å². The Balaban J connectivity index is 3.61. The van der Waals surface area contributed by atoms with E-state index >= 15 is 0 Å². The fourth-order valence-corrected chi connectivity index (χ4v) is 2.81. The highest BCUT2D eigenvalue weighted by Gasteiger charge is 2.27. The zero-order chi connectivity index (χ0) is 10.9. The molecule has 4 nitrogen and oxygen atoms in total. The minimum atomic E-state index is -0.757. The predicted octanol–water partition coefficient (Wildman–Crippen LogP) is -0.287. The minimum absolute atomic E-state index is 0.156. The van der Waals surface area contributed by atoms with Gasteiger partial charge in [-0.25, -0.2) is 0 Å². The number of hydrogen-bond acceptors (Lipinski definition) is 6. The van der Waals surface area contributed by atoms with Gasteiger partial charge in [0, 0.05) is 16.9 Å². The SMILES string of the molecule is OCCSSCCC(CO)(CO)CO. The Morgan fingerprint density at radius 3 is 1.71 bits per heavy atom. The zero-order valence-electron chi connectivity index (χ0n) is 8.06. The van der Waals surface area contributed by atoms with Crippen LogP contribution in [0, 0.1) is 5.41 Å². The molecule has 0 aromatic heterocycles.